The van der Waals surface area contributed by atoms with E-state index in [1.54, 1.807) is 24.1 Å². The predicted molar refractivity (Wildman–Crippen MR) is 143 cm³/mol. The maximum atomic E-state index is 14.9. The molecular formula is C30H32FN3O3. The van der Waals surface area contributed by atoms with E-state index in [-0.39, 0.29) is 18.0 Å². The molecule has 0 bridgehead atoms. The van der Waals surface area contributed by atoms with Crippen LogP contribution in [0.15, 0.2) is 66.7 Å². The molecule has 1 saturated heterocycles. The smallest absolute Gasteiger partial charge is 0.410 e. The van der Waals surface area contributed by atoms with E-state index < -0.39 is 5.60 Å². The summed E-state index contributed by atoms with van der Waals surface area (Å²) in [6.07, 6.45) is 1.44. The second-order valence-electron chi connectivity index (χ2n) is 10.4. The summed E-state index contributed by atoms with van der Waals surface area (Å²) in [7, 11) is 1.55. The van der Waals surface area contributed by atoms with E-state index >= 15 is 0 Å². The van der Waals surface area contributed by atoms with Crippen LogP contribution in [0, 0.1) is 5.82 Å². The highest BCUT2D eigenvalue weighted by Crippen LogP contribution is 2.39. The highest BCUT2D eigenvalue weighted by Gasteiger charge is 2.31. The highest BCUT2D eigenvalue weighted by molar-refractivity contribution is 5.96. The fourth-order valence-electron chi connectivity index (χ4n) is 5.01. The van der Waals surface area contributed by atoms with Gasteiger partial charge in [0.25, 0.3) is 0 Å². The normalized spacial score (nSPS) is 16.1. The van der Waals surface area contributed by atoms with Crippen LogP contribution >= 0.6 is 0 Å². The Labute approximate surface area is 216 Å². The molecule has 5 rings (SSSR count). The number of nitrogens with zero attached hydrogens (tertiary/aromatic N) is 3. The SMILES string of the molecule is COc1cccc(F)c1-c1ccc2nn(C3CCCN(C(=O)OC(C)(C)C)C3)c(-c3ccccc3)c2c1. The van der Waals surface area contributed by atoms with Crippen LogP contribution in [-0.4, -0.2) is 46.6 Å². The Morgan fingerprint density at radius 2 is 1.81 bits per heavy atom. The zero-order chi connectivity index (χ0) is 26.2. The Morgan fingerprint density at radius 3 is 2.54 bits per heavy atom. The zero-order valence-electron chi connectivity index (χ0n) is 21.7. The zero-order valence-corrected chi connectivity index (χ0v) is 21.7. The minimum Gasteiger partial charge on any atom is -0.496 e. The number of carbonyl (C=O) groups excluding carboxylic acids is 1. The number of amides is 1. The van der Waals surface area contributed by atoms with Gasteiger partial charge in [-0.3, -0.25) is 4.68 Å². The average molecular weight is 502 g/mol. The van der Waals surface area contributed by atoms with Crippen LogP contribution in [0.5, 0.6) is 5.75 Å². The number of hydrogen-bond donors (Lipinski definition) is 0. The van der Waals surface area contributed by atoms with E-state index in [2.05, 4.69) is 12.1 Å². The number of ether oxygens (including phenoxy) is 2. The maximum absolute atomic E-state index is 14.9. The highest BCUT2D eigenvalue weighted by atomic mass is 19.1. The molecule has 0 radical (unpaired) electrons. The Morgan fingerprint density at radius 1 is 1.03 bits per heavy atom. The topological polar surface area (TPSA) is 56.6 Å². The minimum absolute atomic E-state index is 0.0182. The first-order valence-electron chi connectivity index (χ1n) is 12.6. The summed E-state index contributed by atoms with van der Waals surface area (Å²) in [5.41, 5.74) is 3.36. The van der Waals surface area contributed by atoms with Gasteiger partial charge in [0.2, 0.25) is 0 Å². The molecule has 1 aliphatic heterocycles. The summed E-state index contributed by atoms with van der Waals surface area (Å²) < 4.78 is 28.1. The van der Waals surface area contributed by atoms with Gasteiger partial charge in [0.05, 0.1) is 29.9 Å². The molecule has 0 N–H and O–H groups in total. The summed E-state index contributed by atoms with van der Waals surface area (Å²) in [4.78, 5) is 14.6. The molecule has 0 spiro atoms. The summed E-state index contributed by atoms with van der Waals surface area (Å²) >= 11 is 0. The first kappa shape index (κ1) is 24.8. The molecule has 1 amide bonds. The Bertz CT molecular complexity index is 1430. The molecule has 0 saturated carbocycles. The molecule has 6 nitrogen and oxygen atoms in total. The first-order valence-corrected chi connectivity index (χ1v) is 12.6. The standard InChI is InChI=1S/C30H32FN3O3/c1-30(2,3)37-29(35)33-17-9-12-22(19-33)34-28(20-10-6-5-7-11-20)23-18-21(15-16-25(23)32-34)27-24(31)13-8-14-26(27)36-4/h5-8,10-11,13-16,18,22H,9,12,17,19H2,1-4H3. The Hall–Kier alpha value is -3.87. The summed E-state index contributed by atoms with van der Waals surface area (Å²) in [5.74, 6) is 0.140. The van der Waals surface area contributed by atoms with E-state index in [0.29, 0.717) is 24.4 Å². The van der Waals surface area contributed by atoms with Crippen molar-refractivity contribution in [3.05, 3.63) is 72.5 Å². The van der Waals surface area contributed by atoms with Crippen LogP contribution in [0.4, 0.5) is 9.18 Å². The van der Waals surface area contributed by atoms with Crippen LogP contribution in [0.3, 0.4) is 0 Å². The number of fused-ring (bicyclic) bond motifs is 1. The lowest BCUT2D eigenvalue weighted by Gasteiger charge is -2.34. The van der Waals surface area contributed by atoms with E-state index in [4.69, 9.17) is 14.6 Å². The van der Waals surface area contributed by atoms with Gasteiger partial charge in [-0.25, -0.2) is 9.18 Å². The number of methoxy groups -OCH3 is 1. The third-order valence-electron chi connectivity index (χ3n) is 6.62. The fraction of sp³-hybridized carbons (Fsp3) is 0.333. The number of benzene rings is 3. The fourth-order valence-corrected chi connectivity index (χ4v) is 5.01. The lowest BCUT2D eigenvalue weighted by molar-refractivity contribution is 0.0168. The largest absolute Gasteiger partial charge is 0.496 e. The number of piperidine rings is 1. The van der Waals surface area contributed by atoms with Crippen molar-refractivity contribution in [2.24, 2.45) is 0 Å². The van der Waals surface area contributed by atoms with Crippen LogP contribution in [0.2, 0.25) is 0 Å². The van der Waals surface area contributed by atoms with Crippen LogP contribution < -0.4 is 4.74 Å². The van der Waals surface area contributed by atoms with Gasteiger partial charge in [-0.05, 0) is 63.4 Å². The lowest BCUT2D eigenvalue weighted by atomic mass is 9.99. The van der Waals surface area contributed by atoms with E-state index in [1.165, 1.54) is 6.07 Å². The van der Waals surface area contributed by atoms with Crippen LogP contribution in [0.1, 0.15) is 39.7 Å². The van der Waals surface area contributed by atoms with Crippen molar-refractivity contribution in [3.8, 4) is 28.1 Å². The van der Waals surface area contributed by atoms with Gasteiger partial charge in [0.15, 0.2) is 0 Å². The van der Waals surface area contributed by atoms with Gasteiger partial charge >= 0.3 is 6.09 Å². The summed E-state index contributed by atoms with van der Waals surface area (Å²) in [5, 5.41) is 5.91. The molecule has 1 aliphatic rings. The van der Waals surface area contributed by atoms with E-state index in [0.717, 1.165) is 40.6 Å². The molecule has 1 atom stereocenters. The molecule has 1 aromatic heterocycles. The number of likely N-dealkylation sites (tertiary alicyclic amines) is 1. The Balaban J connectivity index is 1.61. The molecule has 37 heavy (non-hydrogen) atoms. The second-order valence-corrected chi connectivity index (χ2v) is 10.4. The number of halogens is 1. The van der Waals surface area contributed by atoms with Gasteiger partial charge in [0.1, 0.15) is 17.2 Å². The third-order valence-corrected chi connectivity index (χ3v) is 6.62. The van der Waals surface area contributed by atoms with Gasteiger partial charge in [0, 0.05) is 24.0 Å². The number of aromatic nitrogens is 2. The summed E-state index contributed by atoms with van der Waals surface area (Å²) in [6, 6.07) is 20.7. The number of hydrogen-bond acceptors (Lipinski definition) is 4. The quantitative estimate of drug-likeness (QED) is 0.300. The van der Waals surface area contributed by atoms with Gasteiger partial charge in [-0.2, -0.15) is 5.10 Å². The molecule has 3 aromatic carbocycles. The average Bonchev–Trinajstić information content (AvgIpc) is 3.27. The van der Waals surface area contributed by atoms with Crippen molar-refractivity contribution in [1.29, 1.82) is 0 Å². The van der Waals surface area contributed by atoms with Crippen LogP contribution in [0.25, 0.3) is 33.3 Å². The molecule has 192 valence electrons. The van der Waals surface area contributed by atoms with Gasteiger partial charge < -0.3 is 14.4 Å². The predicted octanol–water partition coefficient (Wildman–Crippen LogP) is 7.09. The maximum Gasteiger partial charge on any atom is 0.410 e. The first-order chi connectivity index (χ1) is 17.7. The third kappa shape index (κ3) is 5.03. The number of rotatable bonds is 4. The monoisotopic (exact) mass is 501 g/mol. The van der Waals surface area contributed by atoms with Crippen molar-refractivity contribution >= 4 is 17.0 Å². The minimum atomic E-state index is -0.552. The Kier molecular flexibility index (Phi) is 6.63. The van der Waals surface area contributed by atoms with Crippen molar-refractivity contribution < 1.29 is 18.7 Å². The molecule has 1 fully saturated rings. The van der Waals surface area contributed by atoms with E-state index in [9.17, 15) is 9.18 Å². The molecular weight excluding hydrogens is 469 g/mol. The molecule has 7 heteroatoms. The van der Waals surface area contributed by atoms with Crippen molar-refractivity contribution in [2.45, 2.75) is 45.3 Å². The molecule has 1 unspecified atom stereocenters. The second kappa shape index (κ2) is 9.88. The lowest BCUT2D eigenvalue weighted by Crippen LogP contribution is -2.43. The number of carbonyl (C=O) groups is 1. The van der Waals surface area contributed by atoms with Crippen molar-refractivity contribution in [3.63, 3.8) is 0 Å². The van der Waals surface area contributed by atoms with E-state index in [1.807, 2.05) is 61.9 Å². The molecule has 4 aromatic rings. The molecule has 2 heterocycles. The van der Waals surface area contributed by atoms with Crippen LogP contribution in [-0.2, 0) is 4.74 Å². The van der Waals surface area contributed by atoms with Gasteiger partial charge in [-0.15, -0.1) is 0 Å². The summed E-state index contributed by atoms with van der Waals surface area (Å²) in [6.45, 7) is 6.80. The van der Waals surface area contributed by atoms with Crippen molar-refractivity contribution in [1.82, 2.24) is 14.7 Å². The van der Waals surface area contributed by atoms with Gasteiger partial charge in [-0.1, -0.05) is 42.5 Å². The molecule has 0 aliphatic carbocycles. The van der Waals surface area contributed by atoms with Crippen molar-refractivity contribution in [2.75, 3.05) is 20.2 Å².